The summed E-state index contributed by atoms with van der Waals surface area (Å²) in [4.78, 5) is 14.5. The standard InChI is InChI=1S/C11H23N7/c1-6-7(2)8(3)13-9-14-10(17-12)16-11(15-9)18(4)5/h7-8H,6,12H2,1-5H3,(H2,13,14,15,16,17). The molecular weight excluding hydrogens is 230 g/mol. The zero-order valence-corrected chi connectivity index (χ0v) is 11.7. The largest absolute Gasteiger partial charge is 0.351 e. The van der Waals surface area contributed by atoms with Crippen LogP contribution in [-0.2, 0) is 0 Å². The van der Waals surface area contributed by atoms with Crippen molar-refractivity contribution in [1.82, 2.24) is 15.0 Å². The van der Waals surface area contributed by atoms with Crippen molar-refractivity contribution in [2.45, 2.75) is 33.2 Å². The first kappa shape index (κ1) is 14.4. The van der Waals surface area contributed by atoms with Crippen LogP contribution in [0.15, 0.2) is 0 Å². The van der Waals surface area contributed by atoms with Crippen molar-refractivity contribution in [3.8, 4) is 0 Å². The van der Waals surface area contributed by atoms with Crippen LogP contribution in [0, 0.1) is 5.92 Å². The van der Waals surface area contributed by atoms with E-state index in [1.807, 2.05) is 19.0 Å². The normalized spacial score (nSPS) is 13.9. The van der Waals surface area contributed by atoms with Crippen molar-refractivity contribution in [3.63, 3.8) is 0 Å². The molecule has 1 heterocycles. The summed E-state index contributed by atoms with van der Waals surface area (Å²) in [6.45, 7) is 6.46. The van der Waals surface area contributed by atoms with Gasteiger partial charge in [0, 0.05) is 20.1 Å². The molecule has 0 amide bonds. The Bertz CT molecular complexity index is 380. The van der Waals surface area contributed by atoms with Crippen molar-refractivity contribution >= 4 is 17.8 Å². The first-order chi connectivity index (χ1) is 8.47. The molecule has 4 N–H and O–H groups in total. The average molecular weight is 253 g/mol. The van der Waals surface area contributed by atoms with Crippen molar-refractivity contribution in [1.29, 1.82) is 0 Å². The highest BCUT2D eigenvalue weighted by Gasteiger charge is 2.13. The Labute approximate surface area is 108 Å². The Kier molecular flexibility index (Phi) is 5.08. The predicted octanol–water partition coefficient (Wildman–Crippen LogP) is 1.07. The molecule has 18 heavy (non-hydrogen) atoms. The molecular formula is C11H23N7. The molecule has 0 saturated carbocycles. The minimum Gasteiger partial charge on any atom is -0.351 e. The third-order valence-electron chi connectivity index (χ3n) is 3.01. The molecule has 7 heteroatoms. The number of nitrogen functional groups attached to an aromatic ring is 1. The van der Waals surface area contributed by atoms with Crippen molar-refractivity contribution < 1.29 is 0 Å². The number of nitrogens with one attached hydrogen (secondary N) is 2. The Balaban J connectivity index is 2.91. The van der Waals surface area contributed by atoms with Gasteiger partial charge >= 0.3 is 0 Å². The molecule has 1 rings (SSSR count). The smallest absolute Gasteiger partial charge is 0.243 e. The van der Waals surface area contributed by atoms with E-state index < -0.39 is 0 Å². The van der Waals surface area contributed by atoms with Gasteiger partial charge in [-0.15, -0.1) is 0 Å². The van der Waals surface area contributed by atoms with E-state index in [2.05, 4.69) is 46.5 Å². The Hall–Kier alpha value is -1.63. The number of hydrazine groups is 1. The molecule has 1 aromatic heterocycles. The topological polar surface area (TPSA) is 92.0 Å². The van der Waals surface area contributed by atoms with Gasteiger partial charge in [0.05, 0.1) is 0 Å². The van der Waals surface area contributed by atoms with E-state index in [1.165, 1.54) is 0 Å². The molecule has 0 aromatic carbocycles. The molecule has 0 radical (unpaired) electrons. The van der Waals surface area contributed by atoms with Crippen LogP contribution in [-0.4, -0.2) is 35.1 Å². The summed E-state index contributed by atoms with van der Waals surface area (Å²) in [5.41, 5.74) is 2.45. The lowest BCUT2D eigenvalue weighted by Gasteiger charge is -2.20. The molecule has 2 atom stereocenters. The first-order valence-electron chi connectivity index (χ1n) is 6.14. The van der Waals surface area contributed by atoms with Gasteiger partial charge in [0.25, 0.3) is 0 Å². The SMILES string of the molecule is CCC(C)C(C)Nc1nc(NN)nc(N(C)C)n1. The van der Waals surface area contributed by atoms with E-state index in [9.17, 15) is 0 Å². The third-order valence-corrected chi connectivity index (χ3v) is 3.01. The quantitative estimate of drug-likeness (QED) is 0.516. The number of anilines is 3. The van der Waals surface area contributed by atoms with Crippen LogP contribution < -0.4 is 21.5 Å². The molecule has 0 aliphatic heterocycles. The van der Waals surface area contributed by atoms with Gasteiger partial charge in [-0.3, -0.25) is 5.43 Å². The monoisotopic (exact) mass is 253 g/mol. The summed E-state index contributed by atoms with van der Waals surface area (Å²) in [6, 6.07) is 0.290. The Morgan fingerprint density at radius 2 is 1.78 bits per heavy atom. The molecule has 0 fully saturated rings. The summed E-state index contributed by atoms with van der Waals surface area (Å²) >= 11 is 0. The minimum absolute atomic E-state index is 0.290. The molecule has 102 valence electrons. The van der Waals surface area contributed by atoms with Crippen molar-refractivity contribution in [2.24, 2.45) is 11.8 Å². The number of aromatic nitrogens is 3. The third kappa shape index (κ3) is 3.69. The number of rotatable bonds is 6. The second-order valence-corrected chi connectivity index (χ2v) is 4.64. The molecule has 0 aliphatic rings. The van der Waals surface area contributed by atoms with E-state index in [0.717, 1.165) is 6.42 Å². The maximum Gasteiger partial charge on any atom is 0.243 e. The molecule has 7 nitrogen and oxygen atoms in total. The Morgan fingerprint density at radius 1 is 1.17 bits per heavy atom. The molecule has 0 aliphatic carbocycles. The van der Waals surface area contributed by atoms with Crippen LogP contribution >= 0.6 is 0 Å². The van der Waals surface area contributed by atoms with Crippen molar-refractivity contribution in [3.05, 3.63) is 0 Å². The van der Waals surface area contributed by atoms with Crippen LogP contribution in [0.25, 0.3) is 0 Å². The first-order valence-corrected chi connectivity index (χ1v) is 6.14. The predicted molar refractivity (Wildman–Crippen MR) is 74.5 cm³/mol. The fraction of sp³-hybridized carbons (Fsp3) is 0.727. The van der Waals surface area contributed by atoms with Crippen LogP contribution in [0.1, 0.15) is 27.2 Å². The van der Waals surface area contributed by atoms with Crippen molar-refractivity contribution in [2.75, 3.05) is 29.7 Å². The summed E-state index contributed by atoms with van der Waals surface area (Å²) in [7, 11) is 3.75. The molecule has 2 unspecified atom stereocenters. The Morgan fingerprint density at radius 3 is 2.28 bits per heavy atom. The second-order valence-electron chi connectivity index (χ2n) is 4.64. The number of hydrogen-bond acceptors (Lipinski definition) is 7. The van der Waals surface area contributed by atoms with Crippen LogP contribution in [0.3, 0.4) is 0 Å². The maximum atomic E-state index is 5.36. The molecule has 0 bridgehead atoms. The number of hydrogen-bond donors (Lipinski definition) is 3. The maximum absolute atomic E-state index is 5.36. The van der Waals surface area contributed by atoms with E-state index in [0.29, 0.717) is 23.8 Å². The van der Waals surface area contributed by atoms with Gasteiger partial charge in [-0.05, 0) is 12.8 Å². The number of nitrogens with two attached hydrogens (primary N) is 1. The van der Waals surface area contributed by atoms with Gasteiger partial charge in [-0.25, -0.2) is 5.84 Å². The lowest BCUT2D eigenvalue weighted by atomic mass is 10.0. The van der Waals surface area contributed by atoms with E-state index >= 15 is 0 Å². The highest BCUT2D eigenvalue weighted by Crippen LogP contribution is 2.15. The summed E-state index contributed by atoms with van der Waals surface area (Å²) in [5, 5.41) is 3.28. The fourth-order valence-electron chi connectivity index (χ4n) is 1.39. The van der Waals surface area contributed by atoms with Gasteiger partial charge in [0.2, 0.25) is 17.8 Å². The fourth-order valence-corrected chi connectivity index (χ4v) is 1.39. The van der Waals surface area contributed by atoms with E-state index in [4.69, 9.17) is 5.84 Å². The van der Waals surface area contributed by atoms with E-state index in [-0.39, 0.29) is 6.04 Å². The number of nitrogens with zero attached hydrogens (tertiary/aromatic N) is 4. The average Bonchev–Trinajstić information content (AvgIpc) is 2.36. The van der Waals surface area contributed by atoms with Gasteiger partial charge < -0.3 is 10.2 Å². The summed E-state index contributed by atoms with van der Waals surface area (Å²) in [5.74, 6) is 7.35. The highest BCUT2D eigenvalue weighted by molar-refractivity contribution is 5.42. The van der Waals surface area contributed by atoms with Crippen LogP contribution in [0.5, 0.6) is 0 Å². The van der Waals surface area contributed by atoms with Gasteiger partial charge in [0.15, 0.2) is 0 Å². The van der Waals surface area contributed by atoms with Gasteiger partial charge in [0.1, 0.15) is 0 Å². The van der Waals surface area contributed by atoms with Gasteiger partial charge in [-0.2, -0.15) is 15.0 Å². The summed E-state index contributed by atoms with van der Waals surface area (Å²) in [6.07, 6.45) is 1.10. The zero-order chi connectivity index (χ0) is 13.7. The zero-order valence-electron chi connectivity index (χ0n) is 11.7. The summed E-state index contributed by atoms with van der Waals surface area (Å²) < 4.78 is 0. The molecule has 0 spiro atoms. The van der Waals surface area contributed by atoms with Crippen LogP contribution in [0.2, 0.25) is 0 Å². The molecule has 0 saturated heterocycles. The lowest BCUT2D eigenvalue weighted by Crippen LogP contribution is -2.26. The second kappa shape index (κ2) is 6.34. The van der Waals surface area contributed by atoms with Gasteiger partial charge in [-0.1, -0.05) is 20.3 Å². The van der Waals surface area contributed by atoms with E-state index in [1.54, 1.807) is 0 Å². The minimum atomic E-state index is 0.290. The molecule has 1 aromatic rings. The lowest BCUT2D eigenvalue weighted by molar-refractivity contribution is 0.492. The highest BCUT2D eigenvalue weighted by atomic mass is 15.4. The van der Waals surface area contributed by atoms with Crippen LogP contribution in [0.4, 0.5) is 17.8 Å².